The van der Waals surface area contributed by atoms with Crippen molar-refractivity contribution in [2.24, 2.45) is 5.92 Å². The van der Waals surface area contributed by atoms with Gasteiger partial charge in [-0.2, -0.15) is 0 Å². The highest BCUT2D eigenvalue weighted by molar-refractivity contribution is 6.30. The van der Waals surface area contributed by atoms with Gasteiger partial charge in [0.15, 0.2) is 6.61 Å². The van der Waals surface area contributed by atoms with E-state index < -0.39 is 5.97 Å². The molecule has 0 aromatic heterocycles. The molecule has 0 radical (unpaired) electrons. The number of benzene rings is 2. The summed E-state index contributed by atoms with van der Waals surface area (Å²) < 4.78 is 24.8. The zero-order chi connectivity index (χ0) is 22.5. The van der Waals surface area contributed by atoms with Gasteiger partial charge in [-0.25, -0.2) is 4.39 Å². The molecule has 1 aliphatic heterocycles. The Hall–Kier alpha value is -2.80. The summed E-state index contributed by atoms with van der Waals surface area (Å²) >= 11 is 5.95. The number of carboxylic acids is 1. The van der Waals surface area contributed by atoms with Crippen LogP contribution >= 0.6 is 11.6 Å². The minimum Gasteiger partial charge on any atom is -0.490 e. The number of carboxylic acid groups (broad SMARTS) is 1. The quantitative estimate of drug-likeness (QED) is 0.686. The van der Waals surface area contributed by atoms with Crippen LogP contribution in [0.4, 0.5) is 4.39 Å². The summed E-state index contributed by atoms with van der Waals surface area (Å²) in [7, 11) is 0. The highest BCUT2D eigenvalue weighted by atomic mass is 35.5. The van der Waals surface area contributed by atoms with Crippen molar-refractivity contribution in [3.05, 3.63) is 58.9 Å². The fraction of sp³-hybridized carbons (Fsp3) is 0.391. The van der Waals surface area contributed by atoms with Crippen LogP contribution < -0.4 is 9.47 Å². The minimum absolute atomic E-state index is 0.0681. The zero-order valence-corrected chi connectivity index (χ0v) is 18.1. The molecule has 31 heavy (non-hydrogen) atoms. The summed E-state index contributed by atoms with van der Waals surface area (Å²) in [5.74, 6) is -0.512. The monoisotopic (exact) mass is 449 g/mol. The molecule has 0 spiro atoms. The standard InChI is InChI=1S/C23H25ClFNO5/c1-14-12-26(15(2)9-21(14)31-19-6-4-18(25)5-7-19)22(27)13-30-20-8-3-17(24)10-16(20)11-23(28)29/h3-8,10,14-15,21H,9,11-13H2,1-2H3,(H,28,29). The number of hydrogen-bond donors (Lipinski definition) is 1. The summed E-state index contributed by atoms with van der Waals surface area (Å²) in [6.45, 7) is 4.25. The van der Waals surface area contributed by atoms with Crippen LogP contribution in [0.3, 0.4) is 0 Å². The molecule has 3 atom stereocenters. The van der Waals surface area contributed by atoms with Gasteiger partial charge in [-0.3, -0.25) is 9.59 Å². The zero-order valence-electron chi connectivity index (χ0n) is 17.4. The van der Waals surface area contributed by atoms with Crippen molar-refractivity contribution in [3.8, 4) is 11.5 Å². The molecule has 1 aliphatic rings. The van der Waals surface area contributed by atoms with E-state index in [0.717, 1.165) is 0 Å². The first-order valence-electron chi connectivity index (χ1n) is 10.1. The summed E-state index contributed by atoms with van der Waals surface area (Å²) in [5.41, 5.74) is 0.417. The van der Waals surface area contributed by atoms with Crippen LogP contribution in [0.2, 0.25) is 5.02 Å². The molecule has 1 heterocycles. The normalized spacial score (nSPS) is 20.9. The lowest BCUT2D eigenvalue weighted by molar-refractivity contribution is -0.139. The third-order valence-corrected chi connectivity index (χ3v) is 5.60. The molecule has 8 heteroatoms. The first kappa shape index (κ1) is 22.9. The molecule has 2 aromatic carbocycles. The van der Waals surface area contributed by atoms with Crippen LogP contribution in [0.1, 0.15) is 25.8 Å². The molecule has 1 fully saturated rings. The third-order valence-electron chi connectivity index (χ3n) is 5.36. The van der Waals surface area contributed by atoms with Crippen molar-refractivity contribution in [1.82, 2.24) is 4.90 Å². The Morgan fingerprint density at radius 3 is 2.58 bits per heavy atom. The summed E-state index contributed by atoms with van der Waals surface area (Å²) in [5, 5.41) is 9.47. The van der Waals surface area contributed by atoms with E-state index in [2.05, 4.69) is 0 Å². The minimum atomic E-state index is -1.01. The molecule has 1 amide bonds. The molecule has 1 N–H and O–H groups in total. The van der Waals surface area contributed by atoms with E-state index in [9.17, 15) is 14.0 Å². The fourth-order valence-electron chi connectivity index (χ4n) is 3.72. The van der Waals surface area contributed by atoms with Crippen molar-refractivity contribution >= 4 is 23.5 Å². The van der Waals surface area contributed by atoms with E-state index in [1.54, 1.807) is 29.2 Å². The summed E-state index contributed by atoms with van der Waals surface area (Å²) in [6, 6.07) is 10.5. The second-order valence-corrected chi connectivity index (χ2v) is 8.27. The van der Waals surface area contributed by atoms with Crippen LogP contribution in [-0.4, -0.2) is 47.2 Å². The molecule has 6 nitrogen and oxygen atoms in total. The predicted octanol–water partition coefficient (Wildman–Crippen LogP) is 4.19. The molecule has 0 saturated carbocycles. The van der Waals surface area contributed by atoms with Crippen LogP contribution in [0, 0.1) is 11.7 Å². The Bertz CT molecular complexity index is 936. The van der Waals surface area contributed by atoms with Gasteiger partial charge < -0.3 is 19.5 Å². The van der Waals surface area contributed by atoms with E-state index in [1.165, 1.54) is 18.2 Å². The topological polar surface area (TPSA) is 76.1 Å². The van der Waals surface area contributed by atoms with Crippen LogP contribution in [-0.2, 0) is 16.0 Å². The van der Waals surface area contributed by atoms with E-state index in [0.29, 0.717) is 35.1 Å². The van der Waals surface area contributed by atoms with Crippen molar-refractivity contribution in [2.75, 3.05) is 13.2 Å². The lowest BCUT2D eigenvalue weighted by Crippen LogP contribution is -2.52. The average Bonchev–Trinajstić information content (AvgIpc) is 2.71. The molecule has 0 bridgehead atoms. The maximum atomic E-state index is 13.1. The van der Waals surface area contributed by atoms with Crippen LogP contribution in [0.15, 0.2) is 42.5 Å². The second kappa shape index (κ2) is 10.0. The Balaban J connectivity index is 1.59. The largest absolute Gasteiger partial charge is 0.490 e. The Labute approximate surface area is 185 Å². The number of hydrogen-bond acceptors (Lipinski definition) is 4. The first-order chi connectivity index (χ1) is 14.7. The highest BCUT2D eigenvalue weighted by Crippen LogP contribution is 2.28. The van der Waals surface area contributed by atoms with Gasteiger partial charge in [-0.15, -0.1) is 0 Å². The van der Waals surface area contributed by atoms with Gasteiger partial charge in [0.25, 0.3) is 5.91 Å². The number of ether oxygens (including phenoxy) is 2. The molecule has 0 aliphatic carbocycles. The van der Waals surface area contributed by atoms with E-state index >= 15 is 0 Å². The molecular formula is C23H25ClFNO5. The van der Waals surface area contributed by atoms with Gasteiger partial charge in [-0.05, 0) is 49.4 Å². The number of aliphatic carboxylic acids is 1. The molecule has 3 unspecified atom stereocenters. The summed E-state index contributed by atoms with van der Waals surface area (Å²) in [6.07, 6.45) is 0.294. The van der Waals surface area contributed by atoms with E-state index in [4.69, 9.17) is 26.2 Å². The molecule has 3 rings (SSSR count). The summed E-state index contributed by atoms with van der Waals surface area (Å²) in [4.78, 5) is 25.6. The van der Waals surface area contributed by atoms with E-state index in [1.807, 2.05) is 13.8 Å². The molecule has 1 saturated heterocycles. The lowest BCUT2D eigenvalue weighted by atomic mass is 9.91. The molecular weight excluding hydrogens is 425 g/mol. The fourth-order valence-corrected chi connectivity index (χ4v) is 3.91. The molecule has 2 aromatic rings. The Kier molecular flexibility index (Phi) is 7.38. The second-order valence-electron chi connectivity index (χ2n) is 7.83. The van der Waals surface area contributed by atoms with Crippen molar-refractivity contribution in [1.29, 1.82) is 0 Å². The Morgan fingerprint density at radius 2 is 1.90 bits per heavy atom. The number of amides is 1. The number of carbonyl (C=O) groups excluding carboxylic acids is 1. The van der Waals surface area contributed by atoms with Crippen LogP contribution in [0.5, 0.6) is 11.5 Å². The van der Waals surface area contributed by atoms with Crippen molar-refractivity contribution < 1.29 is 28.6 Å². The van der Waals surface area contributed by atoms with Crippen molar-refractivity contribution in [2.45, 2.75) is 38.8 Å². The van der Waals surface area contributed by atoms with Gasteiger partial charge >= 0.3 is 5.97 Å². The highest BCUT2D eigenvalue weighted by Gasteiger charge is 2.35. The average molecular weight is 450 g/mol. The van der Waals surface area contributed by atoms with Gasteiger partial charge in [0.2, 0.25) is 0 Å². The van der Waals surface area contributed by atoms with Gasteiger partial charge in [0.05, 0.1) is 6.42 Å². The maximum absolute atomic E-state index is 13.1. The van der Waals surface area contributed by atoms with E-state index in [-0.39, 0.29) is 42.8 Å². The number of halogens is 2. The number of piperidine rings is 1. The van der Waals surface area contributed by atoms with Crippen molar-refractivity contribution in [3.63, 3.8) is 0 Å². The SMILES string of the molecule is CC1CN(C(=O)COc2ccc(Cl)cc2CC(=O)O)C(C)CC1Oc1ccc(F)cc1. The first-order valence-corrected chi connectivity index (χ1v) is 10.5. The van der Waals surface area contributed by atoms with Crippen LogP contribution in [0.25, 0.3) is 0 Å². The van der Waals surface area contributed by atoms with Gasteiger partial charge in [0, 0.05) is 35.5 Å². The van der Waals surface area contributed by atoms with Gasteiger partial charge in [-0.1, -0.05) is 18.5 Å². The molecule has 166 valence electrons. The number of carbonyl (C=O) groups is 2. The lowest BCUT2D eigenvalue weighted by Gasteiger charge is -2.41. The Morgan fingerprint density at radius 1 is 1.19 bits per heavy atom. The maximum Gasteiger partial charge on any atom is 0.307 e. The number of likely N-dealkylation sites (tertiary alicyclic amines) is 1. The number of nitrogens with zero attached hydrogens (tertiary/aromatic N) is 1. The smallest absolute Gasteiger partial charge is 0.307 e. The predicted molar refractivity (Wildman–Crippen MR) is 114 cm³/mol. The van der Waals surface area contributed by atoms with Gasteiger partial charge in [0.1, 0.15) is 23.4 Å². The number of rotatable bonds is 7. The third kappa shape index (κ3) is 6.10.